The number of benzene rings is 2. The molecule has 2 rings (SSSR count). The smallest absolute Gasteiger partial charge is 0.241 e. The third-order valence-electron chi connectivity index (χ3n) is 3.79. The van der Waals surface area contributed by atoms with Gasteiger partial charge in [0.15, 0.2) is 0 Å². The van der Waals surface area contributed by atoms with E-state index in [1.54, 1.807) is 12.1 Å². The summed E-state index contributed by atoms with van der Waals surface area (Å²) in [5, 5.41) is 9.06. The first-order valence-electron chi connectivity index (χ1n) is 7.61. The van der Waals surface area contributed by atoms with E-state index in [4.69, 9.17) is 5.11 Å². The molecule has 2 aromatic rings. The van der Waals surface area contributed by atoms with Gasteiger partial charge in [-0.2, -0.15) is 0 Å². The van der Waals surface area contributed by atoms with E-state index >= 15 is 0 Å². The van der Waals surface area contributed by atoms with Gasteiger partial charge in [0.25, 0.3) is 0 Å². The van der Waals surface area contributed by atoms with Crippen LogP contribution in [0.25, 0.3) is 11.1 Å². The number of aliphatic hydroxyl groups is 1. The van der Waals surface area contributed by atoms with Gasteiger partial charge in [-0.05, 0) is 23.5 Å². The standard InChI is InChI=1S/C18H23NO3S/c1-18(2,12-13-20)14-19-23(21,22)17-11-7-6-10-16(17)15-8-4-3-5-9-15/h3-11,19-20H,12-14H2,1-2H3. The molecule has 5 heteroatoms. The molecule has 0 amide bonds. The normalized spacial score (nSPS) is 12.3. The van der Waals surface area contributed by atoms with Crippen molar-refractivity contribution >= 4 is 10.0 Å². The van der Waals surface area contributed by atoms with Crippen molar-refractivity contribution in [3.8, 4) is 11.1 Å². The molecule has 0 atom stereocenters. The number of hydrogen-bond donors (Lipinski definition) is 2. The lowest BCUT2D eigenvalue weighted by molar-refractivity contribution is 0.213. The molecule has 0 unspecified atom stereocenters. The molecule has 124 valence electrons. The average Bonchev–Trinajstić information content (AvgIpc) is 2.54. The Kier molecular flexibility index (Phi) is 5.57. The molecule has 0 fully saturated rings. The highest BCUT2D eigenvalue weighted by Gasteiger charge is 2.23. The van der Waals surface area contributed by atoms with Crippen molar-refractivity contribution in [3.05, 3.63) is 54.6 Å². The Morgan fingerprint density at radius 3 is 2.26 bits per heavy atom. The Bertz CT molecular complexity index is 740. The van der Waals surface area contributed by atoms with Crippen molar-refractivity contribution in [2.24, 2.45) is 5.41 Å². The van der Waals surface area contributed by atoms with Crippen molar-refractivity contribution in [2.45, 2.75) is 25.2 Å². The molecule has 23 heavy (non-hydrogen) atoms. The summed E-state index contributed by atoms with van der Waals surface area (Å²) in [6.45, 7) is 4.16. The van der Waals surface area contributed by atoms with Gasteiger partial charge in [0.1, 0.15) is 0 Å². The highest BCUT2D eigenvalue weighted by molar-refractivity contribution is 7.89. The molecule has 0 bridgehead atoms. The third-order valence-corrected chi connectivity index (χ3v) is 5.25. The molecule has 0 heterocycles. The molecule has 0 aromatic heterocycles. The molecular weight excluding hydrogens is 310 g/mol. The van der Waals surface area contributed by atoms with Crippen LogP contribution in [0.2, 0.25) is 0 Å². The summed E-state index contributed by atoms with van der Waals surface area (Å²) in [4.78, 5) is 0.269. The molecule has 2 N–H and O–H groups in total. The third kappa shape index (κ3) is 4.64. The van der Waals surface area contributed by atoms with E-state index in [0.29, 0.717) is 12.0 Å². The first-order chi connectivity index (χ1) is 10.9. The summed E-state index contributed by atoms with van der Waals surface area (Å²) in [7, 11) is -3.62. The van der Waals surface area contributed by atoms with E-state index in [2.05, 4.69) is 4.72 Å². The zero-order valence-electron chi connectivity index (χ0n) is 13.5. The number of aliphatic hydroxyl groups excluding tert-OH is 1. The van der Waals surface area contributed by atoms with E-state index in [1.165, 1.54) is 0 Å². The van der Waals surface area contributed by atoms with Crippen molar-refractivity contribution < 1.29 is 13.5 Å². The van der Waals surface area contributed by atoms with Crippen LogP contribution >= 0.6 is 0 Å². The van der Waals surface area contributed by atoms with Crippen LogP contribution in [0.1, 0.15) is 20.3 Å². The molecule has 0 radical (unpaired) electrons. The first-order valence-corrected chi connectivity index (χ1v) is 9.09. The molecule has 0 aliphatic carbocycles. The minimum absolute atomic E-state index is 0.0370. The second kappa shape index (κ2) is 7.25. The van der Waals surface area contributed by atoms with Gasteiger partial charge in [-0.3, -0.25) is 0 Å². The van der Waals surface area contributed by atoms with Crippen molar-refractivity contribution in [2.75, 3.05) is 13.2 Å². The second-order valence-electron chi connectivity index (χ2n) is 6.32. The molecule has 0 saturated heterocycles. The fourth-order valence-electron chi connectivity index (χ4n) is 2.32. The summed E-state index contributed by atoms with van der Waals surface area (Å²) in [6, 6.07) is 16.4. The molecular formula is C18H23NO3S. The Hall–Kier alpha value is -1.69. The minimum Gasteiger partial charge on any atom is -0.396 e. The Morgan fingerprint density at radius 1 is 1.00 bits per heavy atom. The molecule has 0 aliphatic heterocycles. The first kappa shape index (κ1) is 17.7. The maximum atomic E-state index is 12.7. The van der Waals surface area contributed by atoms with Crippen LogP contribution < -0.4 is 4.72 Å². The van der Waals surface area contributed by atoms with Gasteiger partial charge >= 0.3 is 0 Å². The Labute approximate surface area is 138 Å². The molecule has 0 saturated carbocycles. The lowest BCUT2D eigenvalue weighted by Crippen LogP contribution is -2.34. The van der Waals surface area contributed by atoms with Crippen LogP contribution in [0.4, 0.5) is 0 Å². The topological polar surface area (TPSA) is 66.4 Å². The van der Waals surface area contributed by atoms with Crippen LogP contribution in [0, 0.1) is 5.41 Å². The largest absolute Gasteiger partial charge is 0.396 e. The number of nitrogens with one attached hydrogen (secondary N) is 1. The monoisotopic (exact) mass is 333 g/mol. The summed E-state index contributed by atoms with van der Waals surface area (Å²) >= 11 is 0. The lowest BCUT2D eigenvalue weighted by Gasteiger charge is -2.24. The van der Waals surface area contributed by atoms with Gasteiger partial charge < -0.3 is 5.11 Å². The fourth-order valence-corrected chi connectivity index (χ4v) is 3.79. The van der Waals surface area contributed by atoms with Crippen LogP contribution in [0.15, 0.2) is 59.5 Å². The fraction of sp³-hybridized carbons (Fsp3) is 0.333. The lowest BCUT2D eigenvalue weighted by atomic mass is 9.90. The van der Waals surface area contributed by atoms with Crippen LogP contribution in [-0.4, -0.2) is 26.7 Å². The predicted octanol–water partition coefficient (Wildman–Crippen LogP) is 3.04. The van der Waals surface area contributed by atoms with Crippen LogP contribution in [0.5, 0.6) is 0 Å². The number of sulfonamides is 1. The number of hydrogen-bond acceptors (Lipinski definition) is 3. The van der Waals surface area contributed by atoms with E-state index in [9.17, 15) is 8.42 Å². The highest BCUT2D eigenvalue weighted by Crippen LogP contribution is 2.27. The van der Waals surface area contributed by atoms with Gasteiger partial charge in [0.05, 0.1) is 4.90 Å². The second-order valence-corrected chi connectivity index (χ2v) is 8.06. The molecule has 0 aliphatic rings. The van der Waals surface area contributed by atoms with E-state index in [-0.39, 0.29) is 23.5 Å². The van der Waals surface area contributed by atoms with Crippen LogP contribution in [0.3, 0.4) is 0 Å². The van der Waals surface area contributed by atoms with Gasteiger partial charge in [-0.1, -0.05) is 62.4 Å². The Morgan fingerprint density at radius 2 is 1.61 bits per heavy atom. The summed E-state index contributed by atoms with van der Waals surface area (Å²) < 4.78 is 28.1. The van der Waals surface area contributed by atoms with E-state index in [1.807, 2.05) is 56.3 Å². The summed E-state index contributed by atoms with van der Waals surface area (Å²) in [6.07, 6.45) is 0.538. The predicted molar refractivity (Wildman–Crippen MR) is 92.6 cm³/mol. The SMILES string of the molecule is CC(C)(CCO)CNS(=O)(=O)c1ccccc1-c1ccccc1. The zero-order chi connectivity index (χ0) is 16.9. The van der Waals surface area contributed by atoms with Gasteiger partial charge in [0.2, 0.25) is 10.0 Å². The maximum Gasteiger partial charge on any atom is 0.241 e. The van der Waals surface area contributed by atoms with Gasteiger partial charge in [-0.15, -0.1) is 0 Å². The molecule has 4 nitrogen and oxygen atoms in total. The Balaban J connectivity index is 2.31. The zero-order valence-corrected chi connectivity index (χ0v) is 14.3. The maximum absolute atomic E-state index is 12.7. The average molecular weight is 333 g/mol. The van der Waals surface area contributed by atoms with Crippen molar-refractivity contribution in [1.29, 1.82) is 0 Å². The van der Waals surface area contributed by atoms with Gasteiger partial charge in [0, 0.05) is 18.7 Å². The van der Waals surface area contributed by atoms with Crippen LogP contribution in [-0.2, 0) is 10.0 Å². The van der Waals surface area contributed by atoms with E-state index in [0.717, 1.165) is 5.56 Å². The quantitative estimate of drug-likeness (QED) is 0.818. The van der Waals surface area contributed by atoms with Gasteiger partial charge in [-0.25, -0.2) is 13.1 Å². The molecule has 2 aromatic carbocycles. The number of rotatable bonds is 7. The van der Waals surface area contributed by atoms with Crippen molar-refractivity contribution in [1.82, 2.24) is 4.72 Å². The van der Waals surface area contributed by atoms with E-state index < -0.39 is 10.0 Å². The molecule has 0 spiro atoms. The van der Waals surface area contributed by atoms with Crippen molar-refractivity contribution in [3.63, 3.8) is 0 Å². The summed E-state index contributed by atoms with van der Waals surface area (Å²) in [5.41, 5.74) is 1.24. The highest BCUT2D eigenvalue weighted by atomic mass is 32.2. The summed E-state index contributed by atoms with van der Waals surface area (Å²) in [5.74, 6) is 0. The minimum atomic E-state index is -3.62.